The van der Waals surface area contributed by atoms with E-state index < -0.39 is 23.7 Å². The van der Waals surface area contributed by atoms with Crippen molar-refractivity contribution in [3.8, 4) is 34.3 Å². The van der Waals surface area contributed by atoms with E-state index in [9.17, 15) is 15.0 Å². The summed E-state index contributed by atoms with van der Waals surface area (Å²) in [7, 11) is 1.55. The highest BCUT2D eigenvalue weighted by molar-refractivity contribution is 6.15. The zero-order valence-electron chi connectivity index (χ0n) is 18.5. The summed E-state index contributed by atoms with van der Waals surface area (Å²) < 4.78 is 17.7. The Morgan fingerprint density at radius 1 is 0.912 bits per heavy atom. The number of hydrogen-bond acceptors (Lipinski definition) is 6. The fourth-order valence-electron chi connectivity index (χ4n) is 4.10. The van der Waals surface area contributed by atoms with Crippen molar-refractivity contribution in [3.63, 3.8) is 0 Å². The smallest absolute Gasteiger partial charge is 0.240 e. The Labute approximate surface area is 196 Å². The SMILES string of the molecule is COc1ccc(C(=O)c2c(O)c(O)n(-c3ccc(C4OCCO4)cc3)c2-c2ccccc2)cc1. The molecule has 2 N–H and O–H groups in total. The molecule has 1 aromatic heterocycles. The van der Waals surface area contributed by atoms with Crippen molar-refractivity contribution in [2.45, 2.75) is 6.29 Å². The number of nitrogens with zero attached hydrogens (tertiary/aromatic N) is 1. The van der Waals surface area contributed by atoms with E-state index in [1.54, 1.807) is 43.5 Å². The summed E-state index contributed by atoms with van der Waals surface area (Å²) in [6.45, 7) is 1.07. The number of aromatic nitrogens is 1. The maximum Gasteiger partial charge on any atom is 0.240 e. The van der Waals surface area contributed by atoms with E-state index >= 15 is 0 Å². The van der Waals surface area contributed by atoms with Gasteiger partial charge in [-0.05, 0) is 42.0 Å². The molecular formula is C27H23NO6. The summed E-state index contributed by atoms with van der Waals surface area (Å²) in [5, 5.41) is 21.9. The molecule has 1 aliphatic heterocycles. The summed E-state index contributed by atoms with van der Waals surface area (Å²) in [6, 6.07) is 23.0. The highest BCUT2D eigenvalue weighted by Crippen LogP contribution is 2.44. The van der Waals surface area contributed by atoms with Crippen molar-refractivity contribution in [3.05, 3.63) is 95.6 Å². The first-order chi connectivity index (χ1) is 16.6. The third-order valence-electron chi connectivity index (χ3n) is 5.79. The first-order valence-electron chi connectivity index (χ1n) is 10.8. The minimum Gasteiger partial charge on any atom is -0.503 e. The number of benzene rings is 3. The van der Waals surface area contributed by atoms with Gasteiger partial charge in [-0.3, -0.25) is 9.36 Å². The number of ether oxygens (including phenoxy) is 3. The zero-order chi connectivity index (χ0) is 23.7. The molecule has 1 aliphatic rings. The molecule has 0 unspecified atom stereocenters. The second kappa shape index (κ2) is 9.05. The summed E-state index contributed by atoms with van der Waals surface area (Å²) in [5.41, 5.74) is 2.84. The van der Waals surface area contributed by atoms with Crippen molar-refractivity contribution in [1.82, 2.24) is 4.57 Å². The predicted molar refractivity (Wildman–Crippen MR) is 126 cm³/mol. The molecule has 0 radical (unpaired) electrons. The third-order valence-corrected chi connectivity index (χ3v) is 5.79. The van der Waals surface area contributed by atoms with Crippen LogP contribution >= 0.6 is 0 Å². The molecular weight excluding hydrogens is 434 g/mol. The summed E-state index contributed by atoms with van der Waals surface area (Å²) in [5.74, 6) is -0.708. The summed E-state index contributed by atoms with van der Waals surface area (Å²) in [4.78, 5) is 13.5. The van der Waals surface area contributed by atoms with Crippen LogP contribution in [0.1, 0.15) is 27.8 Å². The number of rotatable bonds is 6. The highest BCUT2D eigenvalue weighted by atomic mass is 16.7. The summed E-state index contributed by atoms with van der Waals surface area (Å²) >= 11 is 0. The van der Waals surface area contributed by atoms with Crippen molar-refractivity contribution < 1.29 is 29.2 Å². The first-order valence-corrected chi connectivity index (χ1v) is 10.8. The Bertz CT molecular complexity index is 1300. The van der Waals surface area contributed by atoms with Gasteiger partial charge in [0.05, 0.1) is 31.6 Å². The molecule has 7 nitrogen and oxygen atoms in total. The number of carbonyl (C=O) groups is 1. The van der Waals surface area contributed by atoms with E-state index in [-0.39, 0.29) is 5.56 Å². The third kappa shape index (κ3) is 3.81. The quantitative estimate of drug-likeness (QED) is 0.403. The average molecular weight is 457 g/mol. The van der Waals surface area contributed by atoms with Gasteiger partial charge < -0.3 is 24.4 Å². The van der Waals surface area contributed by atoms with Gasteiger partial charge in [0.25, 0.3) is 0 Å². The molecule has 172 valence electrons. The zero-order valence-corrected chi connectivity index (χ0v) is 18.5. The molecule has 4 aromatic rings. The molecule has 34 heavy (non-hydrogen) atoms. The van der Waals surface area contributed by atoms with Crippen LogP contribution in [0.2, 0.25) is 0 Å². The van der Waals surface area contributed by atoms with Gasteiger partial charge in [0.1, 0.15) is 5.75 Å². The maximum absolute atomic E-state index is 13.5. The normalized spacial score (nSPS) is 13.8. The predicted octanol–water partition coefficient (Wildman–Crippen LogP) is 4.84. The molecule has 5 rings (SSSR count). The largest absolute Gasteiger partial charge is 0.503 e. The van der Waals surface area contributed by atoms with Gasteiger partial charge in [-0.25, -0.2) is 0 Å². The lowest BCUT2D eigenvalue weighted by Gasteiger charge is -2.14. The molecule has 0 spiro atoms. The Morgan fingerprint density at radius 2 is 1.56 bits per heavy atom. The molecule has 0 aliphatic carbocycles. The molecule has 2 heterocycles. The van der Waals surface area contributed by atoms with Crippen LogP contribution < -0.4 is 4.74 Å². The van der Waals surface area contributed by atoms with Gasteiger partial charge in [0, 0.05) is 16.8 Å². The fourth-order valence-corrected chi connectivity index (χ4v) is 4.10. The fraction of sp³-hybridized carbons (Fsp3) is 0.148. The Balaban J connectivity index is 1.65. The van der Waals surface area contributed by atoms with Gasteiger partial charge >= 0.3 is 0 Å². The number of aromatic hydroxyl groups is 2. The van der Waals surface area contributed by atoms with E-state index in [0.717, 1.165) is 5.56 Å². The molecule has 7 heteroatoms. The number of ketones is 1. The molecule has 1 fully saturated rings. The monoisotopic (exact) mass is 457 g/mol. The molecule has 0 amide bonds. The van der Waals surface area contributed by atoms with Crippen molar-refractivity contribution in [2.75, 3.05) is 20.3 Å². The summed E-state index contributed by atoms with van der Waals surface area (Å²) in [6.07, 6.45) is -0.429. The lowest BCUT2D eigenvalue weighted by atomic mass is 9.99. The Morgan fingerprint density at radius 3 is 2.18 bits per heavy atom. The van der Waals surface area contributed by atoms with Gasteiger partial charge in [-0.2, -0.15) is 0 Å². The van der Waals surface area contributed by atoms with Gasteiger partial charge in [-0.15, -0.1) is 0 Å². The Kier molecular flexibility index (Phi) is 5.79. The van der Waals surface area contributed by atoms with Crippen LogP contribution in [0.15, 0.2) is 78.9 Å². The minimum absolute atomic E-state index is 0.0143. The first kappa shape index (κ1) is 21.8. The van der Waals surface area contributed by atoms with E-state index in [0.29, 0.717) is 41.5 Å². The molecule has 0 saturated carbocycles. The molecule has 1 saturated heterocycles. The van der Waals surface area contributed by atoms with Crippen LogP contribution in [0.25, 0.3) is 16.9 Å². The lowest BCUT2D eigenvalue weighted by Crippen LogP contribution is -2.05. The van der Waals surface area contributed by atoms with Crippen LogP contribution in [0.3, 0.4) is 0 Å². The second-order valence-electron chi connectivity index (χ2n) is 7.82. The van der Waals surface area contributed by atoms with Crippen LogP contribution in [0, 0.1) is 0 Å². The van der Waals surface area contributed by atoms with Crippen molar-refractivity contribution in [2.24, 2.45) is 0 Å². The Hall–Kier alpha value is -4.07. The lowest BCUT2D eigenvalue weighted by molar-refractivity contribution is -0.0441. The molecule has 3 aromatic carbocycles. The van der Waals surface area contributed by atoms with Gasteiger partial charge in [-0.1, -0.05) is 42.5 Å². The second-order valence-corrected chi connectivity index (χ2v) is 7.82. The highest BCUT2D eigenvalue weighted by Gasteiger charge is 2.30. The van der Waals surface area contributed by atoms with Crippen LogP contribution in [-0.2, 0) is 9.47 Å². The van der Waals surface area contributed by atoms with Crippen molar-refractivity contribution >= 4 is 5.78 Å². The molecule has 0 bridgehead atoms. The average Bonchev–Trinajstić information content (AvgIpc) is 3.52. The minimum atomic E-state index is -0.480. The van der Waals surface area contributed by atoms with E-state index in [4.69, 9.17) is 14.2 Å². The number of hydrogen-bond donors (Lipinski definition) is 2. The van der Waals surface area contributed by atoms with E-state index in [2.05, 4.69) is 0 Å². The maximum atomic E-state index is 13.5. The van der Waals surface area contributed by atoms with E-state index in [1.165, 1.54) is 4.57 Å². The van der Waals surface area contributed by atoms with Gasteiger partial charge in [0.2, 0.25) is 5.88 Å². The topological polar surface area (TPSA) is 90.2 Å². The van der Waals surface area contributed by atoms with Gasteiger partial charge in [0.15, 0.2) is 17.8 Å². The van der Waals surface area contributed by atoms with Crippen LogP contribution in [-0.4, -0.2) is 40.9 Å². The molecule has 0 atom stereocenters. The van der Waals surface area contributed by atoms with Crippen molar-refractivity contribution in [1.29, 1.82) is 0 Å². The van der Waals surface area contributed by atoms with E-state index in [1.807, 2.05) is 42.5 Å². The number of methoxy groups -OCH3 is 1. The number of carbonyl (C=O) groups excluding carboxylic acids is 1. The standard InChI is InChI=1S/C27H23NO6/c1-32-21-13-9-18(10-14-21)24(29)22-23(17-5-3-2-4-6-17)28(26(31)25(22)30)20-11-7-19(8-12-20)27-33-15-16-34-27/h2-14,27,30-31H,15-16H2,1H3. The van der Waals surface area contributed by atoms with Crippen LogP contribution in [0.5, 0.6) is 17.4 Å². The van der Waals surface area contributed by atoms with Crippen LogP contribution in [0.4, 0.5) is 0 Å².